The quantitative estimate of drug-likeness (QED) is 0.600. The Balaban J connectivity index is 1.61. The highest BCUT2D eigenvalue weighted by molar-refractivity contribution is 5.78. The van der Waals surface area contributed by atoms with E-state index in [0.29, 0.717) is 5.56 Å². The van der Waals surface area contributed by atoms with Gasteiger partial charge in [0.25, 0.3) is 0 Å². The van der Waals surface area contributed by atoms with E-state index in [9.17, 15) is 18.4 Å². The van der Waals surface area contributed by atoms with E-state index < -0.39 is 29.6 Å². The highest BCUT2D eigenvalue weighted by atomic mass is 19.1. The second-order valence-electron chi connectivity index (χ2n) is 6.26. The topological polar surface area (TPSA) is 105 Å². The van der Waals surface area contributed by atoms with Gasteiger partial charge in [-0.05, 0) is 29.8 Å². The van der Waals surface area contributed by atoms with Crippen molar-refractivity contribution in [2.45, 2.75) is 25.3 Å². The number of nitrogens with one attached hydrogen (secondary N) is 1. The molecule has 29 heavy (non-hydrogen) atoms. The minimum Gasteiger partial charge on any atom is -0.481 e. The molecular formula is C20H17F2N3O4. The first kappa shape index (κ1) is 20.1. The molecule has 1 aromatic heterocycles. The van der Waals surface area contributed by atoms with E-state index in [2.05, 4.69) is 15.5 Å². The molecule has 0 bridgehead atoms. The maximum Gasteiger partial charge on any atom is 0.305 e. The molecule has 0 aliphatic rings. The molecule has 0 aliphatic carbocycles. The van der Waals surface area contributed by atoms with E-state index in [1.807, 2.05) is 0 Å². The van der Waals surface area contributed by atoms with Crippen LogP contribution in [0.25, 0.3) is 11.4 Å². The molecule has 3 rings (SSSR count). The first-order valence-corrected chi connectivity index (χ1v) is 8.76. The number of aliphatic carboxylic acids is 1. The summed E-state index contributed by atoms with van der Waals surface area (Å²) in [5.74, 6) is -2.27. The predicted octanol–water partition coefficient (Wildman–Crippen LogP) is 3.28. The number of aryl methyl sites for hydroxylation is 1. The van der Waals surface area contributed by atoms with Gasteiger partial charge in [-0.25, -0.2) is 8.78 Å². The van der Waals surface area contributed by atoms with Crippen LogP contribution in [-0.4, -0.2) is 27.1 Å². The number of rotatable bonds is 8. The first-order chi connectivity index (χ1) is 13.9. The second-order valence-corrected chi connectivity index (χ2v) is 6.26. The summed E-state index contributed by atoms with van der Waals surface area (Å²) in [6.07, 6.45) is -0.303. The number of carbonyl (C=O) groups excluding carboxylic acids is 1. The van der Waals surface area contributed by atoms with Crippen molar-refractivity contribution in [3.63, 3.8) is 0 Å². The van der Waals surface area contributed by atoms with E-state index in [-0.39, 0.29) is 36.5 Å². The van der Waals surface area contributed by atoms with Crippen LogP contribution in [0.15, 0.2) is 53.1 Å². The Bertz CT molecular complexity index is 1000. The summed E-state index contributed by atoms with van der Waals surface area (Å²) in [6.45, 7) is 0. The van der Waals surface area contributed by atoms with E-state index in [1.54, 1.807) is 12.1 Å². The van der Waals surface area contributed by atoms with Gasteiger partial charge in [0.05, 0.1) is 18.0 Å². The Morgan fingerprint density at radius 2 is 1.83 bits per heavy atom. The normalized spacial score (nSPS) is 11.8. The fourth-order valence-corrected chi connectivity index (χ4v) is 2.72. The molecule has 1 heterocycles. The number of amides is 1. The van der Waals surface area contributed by atoms with Crippen molar-refractivity contribution < 1.29 is 28.0 Å². The Morgan fingerprint density at radius 3 is 2.52 bits per heavy atom. The summed E-state index contributed by atoms with van der Waals surface area (Å²) in [4.78, 5) is 27.4. The lowest BCUT2D eigenvalue weighted by molar-refractivity contribution is -0.137. The third-order valence-electron chi connectivity index (χ3n) is 4.14. The van der Waals surface area contributed by atoms with Crippen LogP contribution in [0.3, 0.4) is 0 Å². The van der Waals surface area contributed by atoms with E-state index in [4.69, 9.17) is 9.63 Å². The number of hydrogen-bond acceptors (Lipinski definition) is 5. The molecule has 0 spiro atoms. The molecular weight excluding hydrogens is 384 g/mol. The van der Waals surface area contributed by atoms with Crippen molar-refractivity contribution in [2.24, 2.45) is 0 Å². The zero-order chi connectivity index (χ0) is 20.8. The lowest BCUT2D eigenvalue weighted by Gasteiger charge is -2.17. The standard InChI is InChI=1S/C20H17F2N3O4/c21-13-7-5-12(6-8-13)16(11-19(27)28)23-17(26)9-10-18-24-20(25-29-18)14-3-1-2-4-15(14)22/h1-8,16H,9-11H2,(H,23,26)(H,27,28)/t16-/m0/s1. The van der Waals surface area contributed by atoms with Crippen LogP contribution in [0.4, 0.5) is 8.78 Å². The van der Waals surface area contributed by atoms with Gasteiger partial charge in [0.2, 0.25) is 17.6 Å². The van der Waals surface area contributed by atoms with Gasteiger partial charge < -0.3 is 14.9 Å². The van der Waals surface area contributed by atoms with Crippen molar-refractivity contribution in [1.82, 2.24) is 15.5 Å². The molecule has 9 heteroatoms. The van der Waals surface area contributed by atoms with Gasteiger partial charge in [-0.15, -0.1) is 0 Å². The van der Waals surface area contributed by atoms with Gasteiger partial charge >= 0.3 is 5.97 Å². The molecule has 2 aromatic carbocycles. The van der Waals surface area contributed by atoms with Crippen LogP contribution in [0.5, 0.6) is 0 Å². The van der Waals surface area contributed by atoms with Crippen molar-refractivity contribution in [3.8, 4) is 11.4 Å². The molecule has 0 unspecified atom stereocenters. The third-order valence-corrected chi connectivity index (χ3v) is 4.14. The number of halogens is 2. The number of aromatic nitrogens is 2. The zero-order valence-corrected chi connectivity index (χ0v) is 15.1. The summed E-state index contributed by atoms with van der Waals surface area (Å²) < 4.78 is 31.9. The molecule has 7 nitrogen and oxygen atoms in total. The molecule has 0 fully saturated rings. The minimum absolute atomic E-state index is 0.0454. The monoisotopic (exact) mass is 401 g/mol. The molecule has 0 saturated heterocycles. The SMILES string of the molecule is O=C(O)C[C@H](NC(=O)CCc1nc(-c2ccccc2F)no1)c1ccc(F)cc1. The molecule has 1 amide bonds. The zero-order valence-electron chi connectivity index (χ0n) is 15.1. The number of carboxylic acids is 1. The van der Waals surface area contributed by atoms with Crippen molar-refractivity contribution in [1.29, 1.82) is 0 Å². The highest BCUT2D eigenvalue weighted by Crippen LogP contribution is 2.20. The van der Waals surface area contributed by atoms with E-state index >= 15 is 0 Å². The molecule has 0 radical (unpaired) electrons. The maximum atomic E-state index is 13.8. The fraction of sp³-hybridized carbons (Fsp3) is 0.200. The Hall–Kier alpha value is -3.62. The molecule has 2 N–H and O–H groups in total. The van der Waals surface area contributed by atoms with Gasteiger partial charge in [-0.3, -0.25) is 9.59 Å². The maximum absolute atomic E-state index is 13.8. The summed E-state index contributed by atoms with van der Waals surface area (Å²) >= 11 is 0. The average molecular weight is 401 g/mol. The second kappa shape index (κ2) is 9.05. The van der Waals surface area contributed by atoms with Crippen LogP contribution in [0.1, 0.15) is 30.3 Å². The van der Waals surface area contributed by atoms with Gasteiger partial charge in [0.15, 0.2) is 0 Å². The van der Waals surface area contributed by atoms with E-state index in [0.717, 1.165) is 0 Å². The largest absolute Gasteiger partial charge is 0.481 e. The number of carboxylic acid groups (broad SMARTS) is 1. The van der Waals surface area contributed by atoms with E-state index in [1.165, 1.54) is 36.4 Å². The van der Waals surface area contributed by atoms with Gasteiger partial charge in [-0.2, -0.15) is 4.98 Å². The lowest BCUT2D eigenvalue weighted by atomic mass is 10.0. The van der Waals surface area contributed by atoms with Crippen LogP contribution >= 0.6 is 0 Å². The molecule has 3 aromatic rings. The Labute approximate surface area is 164 Å². The van der Waals surface area contributed by atoms with Crippen LogP contribution in [0.2, 0.25) is 0 Å². The lowest BCUT2D eigenvalue weighted by Crippen LogP contribution is -2.30. The van der Waals surface area contributed by atoms with Crippen LogP contribution < -0.4 is 5.32 Å². The average Bonchev–Trinajstić information content (AvgIpc) is 3.15. The summed E-state index contributed by atoms with van der Waals surface area (Å²) in [5, 5.41) is 15.4. The van der Waals surface area contributed by atoms with Crippen molar-refractivity contribution in [3.05, 3.63) is 71.6 Å². The number of benzene rings is 2. The third kappa shape index (κ3) is 5.44. The first-order valence-electron chi connectivity index (χ1n) is 8.76. The molecule has 0 aliphatic heterocycles. The Kier molecular flexibility index (Phi) is 6.28. The summed E-state index contributed by atoms with van der Waals surface area (Å²) in [5.41, 5.74) is 0.659. The Morgan fingerprint density at radius 1 is 1.10 bits per heavy atom. The summed E-state index contributed by atoms with van der Waals surface area (Å²) in [6, 6.07) is 10.4. The van der Waals surface area contributed by atoms with Crippen molar-refractivity contribution in [2.75, 3.05) is 0 Å². The van der Waals surface area contributed by atoms with Gasteiger partial charge in [0, 0.05) is 12.8 Å². The molecule has 0 saturated carbocycles. The number of hydrogen-bond donors (Lipinski definition) is 2. The van der Waals surface area contributed by atoms with Crippen LogP contribution in [-0.2, 0) is 16.0 Å². The smallest absolute Gasteiger partial charge is 0.305 e. The summed E-state index contributed by atoms with van der Waals surface area (Å²) in [7, 11) is 0. The highest BCUT2D eigenvalue weighted by Gasteiger charge is 2.19. The predicted molar refractivity (Wildman–Crippen MR) is 97.5 cm³/mol. The molecule has 1 atom stereocenters. The number of nitrogens with zero attached hydrogens (tertiary/aromatic N) is 2. The minimum atomic E-state index is -1.11. The number of carbonyl (C=O) groups is 2. The fourth-order valence-electron chi connectivity index (χ4n) is 2.72. The molecule has 150 valence electrons. The van der Waals surface area contributed by atoms with Gasteiger partial charge in [-0.1, -0.05) is 29.4 Å². The van der Waals surface area contributed by atoms with Gasteiger partial charge in [0.1, 0.15) is 11.6 Å². The van der Waals surface area contributed by atoms with Crippen molar-refractivity contribution >= 4 is 11.9 Å². The van der Waals surface area contributed by atoms with Crippen LogP contribution in [0, 0.1) is 11.6 Å².